The molecule has 1 aliphatic carbocycles. The zero-order chi connectivity index (χ0) is 17.5. The number of rotatable bonds is 3. The van der Waals surface area contributed by atoms with E-state index in [1.165, 1.54) is 5.57 Å². The fourth-order valence-corrected chi connectivity index (χ4v) is 3.58. The molecule has 0 saturated heterocycles. The molecule has 0 spiro atoms. The average molecular weight is 348 g/mol. The van der Waals surface area contributed by atoms with Gasteiger partial charge >= 0.3 is 0 Å². The monoisotopic (exact) mass is 348 g/mol. The number of benzene rings is 1. The van der Waals surface area contributed by atoms with E-state index in [-0.39, 0.29) is 12.8 Å². The lowest BCUT2D eigenvalue weighted by atomic mass is 9.98. The van der Waals surface area contributed by atoms with Gasteiger partial charge in [-0.2, -0.15) is 0 Å². The Hall–Kier alpha value is -2.86. The number of aliphatic imine (C=N–C) groups is 1. The Kier molecular flexibility index (Phi) is 3.64. The molecule has 2 N–H and O–H groups in total. The molecule has 1 aromatic heterocycles. The standard InChI is InChI=1S/C20H20N4O2/c25-12-24-11-21-16-9-8-15(22-18(16)19(24)13-6-7-13)17-10-26-20(23-17)14-4-2-1-3-5-14/h1-5,10-11,15,22,25H,6-9,12H2. The minimum Gasteiger partial charge on any atom is -0.444 e. The lowest BCUT2D eigenvalue weighted by Gasteiger charge is -2.34. The molecule has 132 valence electrons. The first-order valence-corrected chi connectivity index (χ1v) is 8.98. The summed E-state index contributed by atoms with van der Waals surface area (Å²) in [6.45, 7) is -0.0619. The van der Waals surface area contributed by atoms with Crippen LogP contribution in [0, 0.1) is 0 Å². The van der Waals surface area contributed by atoms with Crippen molar-refractivity contribution < 1.29 is 9.52 Å². The highest BCUT2D eigenvalue weighted by atomic mass is 16.3. The summed E-state index contributed by atoms with van der Waals surface area (Å²) in [7, 11) is 0. The van der Waals surface area contributed by atoms with E-state index in [2.05, 4.69) is 10.3 Å². The molecule has 1 atom stereocenters. The van der Waals surface area contributed by atoms with E-state index >= 15 is 0 Å². The van der Waals surface area contributed by atoms with Crippen LogP contribution in [0.2, 0.25) is 0 Å². The van der Waals surface area contributed by atoms with Gasteiger partial charge in [-0.15, -0.1) is 0 Å². The molecule has 1 saturated carbocycles. The molecule has 3 heterocycles. The van der Waals surface area contributed by atoms with Crippen LogP contribution in [-0.2, 0) is 0 Å². The number of allylic oxidation sites excluding steroid dienone is 2. The maximum absolute atomic E-state index is 9.66. The minimum absolute atomic E-state index is 0.0619. The Balaban J connectivity index is 1.44. The van der Waals surface area contributed by atoms with E-state index in [1.807, 2.05) is 35.2 Å². The minimum atomic E-state index is -0.0619. The highest BCUT2D eigenvalue weighted by molar-refractivity contribution is 5.67. The predicted molar refractivity (Wildman–Crippen MR) is 97.8 cm³/mol. The van der Waals surface area contributed by atoms with E-state index in [9.17, 15) is 5.11 Å². The average Bonchev–Trinajstić information content (AvgIpc) is 3.42. The molecule has 26 heavy (non-hydrogen) atoms. The second kappa shape index (κ2) is 6.14. The Morgan fingerprint density at radius 3 is 2.81 bits per heavy atom. The van der Waals surface area contributed by atoms with E-state index in [1.54, 1.807) is 12.6 Å². The molecule has 1 fully saturated rings. The third-order valence-corrected chi connectivity index (χ3v) is 5.04. The van der Waals surface area contributed by atoms with Gasteiger partial charge in [0.05, 0.1) is 29.5 Å². The molecular formula is C20H20N4O2. The summed E-state index contributed by atoms with van der Waals surface area (Å²) < 4.78 is 5.71. The summed E-state index contributed by atoms with van der Waals surface area (Å²) in [6, 6.07) is 10.0. The van der Waals surface area contributed by atoms with Crippen molar-refractivity contribution in [1.29, 1.82) is 0 Å². The number of aliphatic hydroxyl groups is 1. The van der Waals surface area contributed by atoms with Crippen molar-refractivity contribution in [3.63, 3.8) is 0 Å². The molecule has 1 aromatic carbocycles. The smallest absolute Gasteiger partial charge is 0.226 e. The van der Waals surface area contributed by atoms with Gasteiger partial charge in [0.25, 0.3) is 0 Å². The van der Waals surface area contributed by atoms with E-state index in [0.29, 0.717) is 5.89 Å². The molecule has 6 nitrogen and oxygen atoms in total. The summed E-state index contributed by atoms with van der Waals surface area (Å²) >= 11 is 0. The molecule has 5 rings (SSSR count). The van der Waals surface area contributed by atoms with Gasteiger partial charge in [0.2, 0.25) is 5.89 Å². The van der Waals surface area contributed by atoms with Gasteiger partial charge in [-0.05, 0) is 43.4 Å². The van der Waals surface area contributed by atoms with Crippen molar-refractivity contribution in [3.8, 4) is 11.5 Å². The van der Waals surface area contributed by atoms with Crippen LogP contribution in [0.4, 0.5) is 0 Å². The second-order valence-electron chi connectivity index (χ2n) is 6.81. The van der Waals surface area contributed by atoms with Crippen molar-refractivity contribution in [3.05, 3.63) is 65.0 Å². The SMILES string of the molecule is OCN1C=NC2=C(NC(c3coc(-c4ccccc4)n3)CC2)C1=C1CC1. The highest BCUT2D eigenvalue weighted by Crippen LogP contribution is 2.41. The summed E-state index contributed by atoms with van der Waals surface area (Å²) in [5.41, 5.74) is 6.44. The van der Waals surface area contributed by atoms with Gasteiger partial charge < -0.3 is 19.7 Å². The van der Waals surface area contributed by atoms with Crippen LogP contribution in [0.5, 0.6) is 0 Å². The zero-order valence-corrected chi connectivity index (χ0v) is 14.4. The molecule has 0 amide bonds. The van der Waals surface area contributed by atoms with Gasteiger partial charge in [0.1, 0.15) is 18.7 Å². The van der Waals surface area contributed by atoms with Gasteiger partial charge in [-0.3, -0.25) is 0 Å². The largest absolute Gasteiger partial charge is 0.444 e. The topological polar surface area (TPSA) is 73.9 Å². The summed E-state index contributed by atoms with van der Waals surface area (Å²) in [4.78, 5) is 11.0. The van der Waals surface area contributed by atoms with Crippen LogP contribution >= 0.6 is 0 Å². The summed E-state index contributed by atoms with van der Waals surface area (Å²) in [6.07, 6.45) is 7.46. The van der Waals surface area contributed by atoms with Crippen LogP contribution in [0.1, 0.15) is 37.4 Å². The first-order chi connectivity index (χ1) is 12.8. The van der Waals surface area contributed by atoms with Crippen molar-refractivity contribution >= 4 is 6.34 Å². The number of aromatic nitrogens is 1. The third kappa shape index (κ3) is 2.63. The van der Waals surface area contributed by atoms with Gasteiger partial charge in [-0.25, -0.2) is 9.98 Å². The quantitative estimate of drug-likeness (QED) is 0.890. The molecule has 2 aromatic rings. The fourth-order valence-electron chi connectivity index (χ4n) is 3.58. The maximum atomic E-state index is 9.66. The molecule has 2 aliphatic heterocycles. The van der Waals surface area contributed by atoms with Crippen molar-refractivity contribution in [2.24, 2.45) is 4.99 Å². The summed E-state index contributed by atoms with van der Waals surface area (Å²) in [5.74, 6) is 0.640. The number of aliphatic hydroxyl groups excluding tert-OH is 1. The number of nitrogens with zero attached hydrogens (tertiary/aromatic N) is 3. The number of nitrogens with one attached hydrogen (secondary N) is 1. The van der Waals surface area contributed by atoms with Gasteiger partial charge in [0, 0.05) is 5.56 Å². The Bertz CT molecular complexity index is 920. The van der Waals surface area contributed by atoms with Crippen LogP contribution in [0.25, 0.3) is 11.5 Å². The van der Waals surface area contributed by atoms with Crippen molar-refractivity contribution in [2.75, 3.05) is 6.73 Å². The van der Waals surface area contributed by atoms with Crippen LogP contribution in [0.3, 0.4) is 0 Å². The first-order valence-electron chi connectivity index (χ1n) is 8.98. The maximum Gasteiger partial charge on any atom is 0.226 e. The van der Waals surface area contributed by atoms with Gasteiger partial charge in [0.15, 0.2) is 0 Å². The van der Waals surface area contributed by atoms with Gasteiger partial charge in [-0.1, -0.05) is 18.2 Å². The molecule has 0 bridgehead atoms. The molecular weight excluding hydrogens is 328 g/mol. The Morgan fingerprint density at radius 1 is 1.19 bits per heavy atom. The number of hydrogen-bond acceptors (Lipinski definition) is 6. The predicted octanol–water partition coefficient (Wildman–Crippen LogP) is 3.32. The van der Waals surface area contributed by atoms with E-state index in [0.717, 1.165) is 54.0 Å². The van der Waals surface area contributed by atoms with Crippen molar-refractivity contribution in [2.45, 2.75) is 31.7 Å². The number of hydrogen-bond donors (Lipinski definition) is 2. The lowest BCUT2D eigenvalue weighted by molar-refractivity contribution is 0.198. The fraction of sp³-hybridized carbons (Fsp3) is 0.300. The third-order valence-electron chi connectivity index (χ3n) is 5.04. The van der Waals surface area contributed by atoms with Crippen LogP contribution in [-0.4, -0.2) is 28.1 Å². The summed E-state index contributed by atoms with van der Waals surface area (Å²) in [5, 5.41) is 13.3. The highest BCUT2D eigenvalue weighted by Gasteiger charge is 2.33. The lowest BCUT2D eigenvalue weighted by Crippen LogP contribution is -2.36. The number of oxazole rings is 1. The Labute approximate surface area is 151 Å². The molecule has 6 heteroatoms. The van der Waals surface area contributed by atoms with Crippen molar-refractivity contribution in [1.82, 2.24) is 15.2 Å². The second-order valence-corrected chi connectivity index (χ2v) is 6.81. The molecule has 1 unspecified atom stereocenters. The van der Waals surface area contributed by atoms with E-state index in [4.69, 9.17) is 9.40 Å². The normalized spacial score (nSPS) is 21.7. The van der Waals surface area contributed by atoms with Crippen LogP contribution < -0.4 is 5.32 Å². The molecule has 3 aliphatic rings. The van der Waals surface area contributed by atoms with E-state index < -0.39 is 0 Å². The Morgan fingerprint density at radius 2 is 2.04 bits per heavy atom. The molecule has 0 radical (unpaired) electrons. The first kappa shape index (κ1) is 15.4. The van der Waals surface area contributed by atoms with Crippen LogP contribution in [0.15, 0.2) is 68.7 Å². The zero-order valence-electron chi connectivity index (χ0n) is 14.4.